The molecule has 0 aliphatic carbocycles. The van der Waals surface area contributed by atoms with E-state index in [0.717, 1.165) is 13.1 Å². The molecule has 3 unspecified atom stereocenters. The number of likely N-dealkylation sites (tertiary alicyclic amines) is 1. The van der Waals surface area contributed by atoms with Crippen LogP contribution in [0.4, 0.5) is 0 Å². The van der Waals surface area contributed by atoms with Crippen LogP contribution in [0.3, 0.4) is 0 Å². The van der Waals surface area contributed by atoms with Crippen molar-refractivity contribution in [2.24, 2.45) is 5.92 Å². The fourth-order valence-electron chi connectivity index (χ4n) is 2.27. The summed E-state index contributed by atoms with van der Waals surface area (Å²) in [7, 11) is 1.82. The Morgan fingerprint density at radius 1 is 1.31 bits per heavy atom. The van der Waals surface area contributed by atoms with Gasteiger partial charge in [-0.2, -0.15) is 0 Å². The van der Waals surface area contributed by atoms with Crippen molar-refractivity contribution >= 4 is 0 Å². The fraction of sp³-hybridized carbons (Fsp3) is 1.00. The van der Waals surface area contributed by atoms with Crippen LogP contribution in [0.5, 0.6) is 0 Å². The molecule has 16 heavy (non-hydrogen) atoms. The molecular formula is C13H28N2O. The molecule has 0 radical (unpaired) electrons. The van der Waals surface area contributed by atoms with E-state index in [1.54, 1.807) is 0 Å². The van der Waals surface area contributed by atoms with E-state index >= 15 is 0 Å². The minimum atomic E-state index is 0.452. The summed E-state index contributed by atoms with van der Waals surface area (Å²) in [6, 6.07) is 1.23. The number of hydrogen-bond donors (Lipinski definition) is 1. The molecule has 96 valence electrons. The van der Waals surface area contributed by atoms with E-state index in [4.69, 9.17) is 4.74 Å². The second-order valence-electron chi connectivity index (χ2n) is 5.42. The molecule has 0 aromatic carbocycles. The third-order valence-electron chi connectivity index (χ3n) is 3.76. The highest BCUT2D eigenvalue weighted by molar-refractivity contribution is 4.83. The summed E-state index contributed by atoms with van der Waals surface area (Å²) in [6.45, 7) is 12.5. The first-order valence-electron chi connectivity index (χ1n) is 6.54. The summed E-state index contributed by atoms with van der Waals surface area (Å²) in [5.41, 5.74) is 0. The average Bonchev–Trinajstić information content (AvgIpc) is 2.73. The Balaban J connectivity index is 2.30. The summed E-state index contributed by atoms with van der Waals surface area (Å²) >= 11 is 0. The van der Waals surface area contributed by atoms with Crippen molar-refractivity contribution in [3.63, 3.8) is 0 Å². The molecule has 0 saturated carbocycles. The number of methoxy groups -OCH3 is 1. The van der Waals surface area contributed by atoms with E-state index in [2.05, 4.69) is 37.9 Å². The monoisotopic (exact) mass is 228 g/mol. The molecule has 0 amide bonds. The van der Waals surface area contributed by atoms with Crippen LogP contribution in [0.2, 0.25) is 0 Å². The fourth-order valence-corrected chi connectivity index (χ4v) is 2.27. The van der Waals surface area contributed by atoms with Gasteiger partial charge >= 0.3 is 0 Å². The first kappa shape index (κ1) is 13.9. The molecule has 1 aliphatic heterocycles. The highest BCUT2D eigenvalue weighted by Crippen LogP contribution is 2.19. The SMILES string of the molecule is COC1CCN(C(C)C(C)CNC(C)C)C1. The topological polar surface area (TPSA) is 24.5 Å². The van der Waals surface area contributed by atoms with Gasteiger partial charge < -0.3 is 10.1 Å². The van der Waals surface area contributed by atoms with E-state index in [1.165, 1.54) is 13.0 Å². The lowest BCUT2D eigenvalue weighted by Gasteiger charge is -2.30. The van der Waals surface area contributed by atoms with Crippen LogP contribution in [0.1, 0.15) is 34.1 Å². The van der Waals surface area contributed by atoms with Gasteiger partial charge in [0, 0.05) is 32.3 Å². The van der Waals surface area contributed by atoms with Crippen molar-refractivity contribution in [2.75, 3.05) is 26.7 Å². The maximum Gasteiger partial charge on any atom is 0.0710 e. The largest absolute Gasteiger partial charge is 0.380 e. The van der Waals surface area contributed by atoms with Gasteiger partial charge in [-0.05, 0) is 25.8 Å². The molecule has 1 rings (SSSR count). The van der Waals surface area contributed by atoms with Crippen LogP contribution < -0.4 is 5.32 Å². The van der Waals surface area contributed by atoms with Crippen molar-refractivity contribution in [1.29, 1.82) is 0 Å². The van der Waals surface area contributed by atoms with Crippen molar-refractivity contribution < 1.29 is 4.74 Å². The molecule has 0 bridgehead atoms. The zero-order valence-electron chi connectivity index (χ0n) is 11.5. The van der Waals surface area contributed by atoms with Crippen LogP contribution >= 0.6 is 0 Å². The van der Waals surface area contributed by atoms with E-state index in [-0.39, 0.29) is 0 Å². The average molecular weight is 228 g/mol. The van der Waals surface area contributed by atoms with Gasteiger partial charge in [-0.15, -0.1) is 0 Å². The van der Waals surface area contributed by atoms with E-state index < -0.39 is 0 Å². The molecule has 1 heterocycles. The molecule has 1 fully saturated rings. The number of hydrogen-bond acceptors (Lipinski definition) is 3. The third kappa shape index (κ3) is 4.04. The Kier molecular flexibility index (Phi) is 5.73. The number of nitrogens with zero attached hydrogens (tertiary/aromatic N) is 1. The Hall–Kier alpha value is -0.120. The summed E-state index contributed by atoms with van der Waals surface area (Å²) in [5.74, 6) is 0.693. The van der Waals surface area contributed by atoms with Crippen molar-refractivity contribution in [1.82, 2.24) is 10.2 Å². The summed E-state index contributed by atoms with van der Waals surface area (Å²) in [6.07, 6.45) is 1.64. The van der Waals surface area contributed by atoms with Crippen molar-refractivity contribution in [2.45, 2.75) is 52.3 Å². The van der Waals surface area contributed by atoms with E-state index in [1.807, 2.05) is 7.11 Å². The predicted octanol–water partition coefficient (Wildman–Crippen LogP) is 1.73. The Bertz CT molecular complexity index is 196. The van der Waals surface area contributed by atoms with Gasteiger partial charge in [0.05, 0.1) is 6.10 Å². The van der Waals surface area contributed by atoms with Gasteiger partial charge in [-0.3, -0.25) is 4.90 Å². The Labute approximate surface area is 101 Å². The minimum absolute atomic E-state index is 0.452. The molecule has 1 aliphatic rings. The lowest BCUT2D eigenvalue weighted by atomic mass is 10.0. The molecule has 3 heteroatoms. The molecule has 3 atom stereocenters. The molecule has 1 N–H and O–H groups in total. The molecule has 3 nitrogen and oxygen atoms in total. The third-order valence-corrected chi connectivity index (χ3v) is 3.76. The highest BCUT2D eigenvalue weighted by Gasteiger charge is 2.28. The van der Waals surface area contributed by atoms with Crippen molar-refractivity contribution in [3.8, 4) is 0 Å². The highest BCUT2D eigenvalue weighted by atomic mass is 16.5. The number of ether oxygens (including phenoxy) is 1. The molecule has 0 aromatic heterocycles. The van der Waals surface area contributed by atoms with Crippen LogP contribution in [-0.4, -0.2) is 49.8 Å². The first-order valence-corrected chi connectivity index (χ1v) is 6.54. The van der Waals surface area contributed by atoms with Crippen LogP contribution in [-0.2, 0) is 4.74 Å². The normalized spacial score (nSPS) is 26.2. The maximum atomic E-state index is 5.41. The molecule has 1 saturated heterocycles. The van der Waals surface area contributed by atoms with E-state index in [0.29, 0.717) is 24.1 Å². The molecule has 0 aromatic rings. The van der Waals surface area contributed by atoms with Crippen LogP contribution in [0.15, 0.2) is 0 Å². The maximum absolute atomic E-state index is 5.41. The van der Waals surface area contributed by atoms with Gasteiger partial charge in [0.1, 0.15) is 0 Å². The van der Waals surface area contributed by atoms with Gasteiger partial charge in [0.15, 0.2) is 0 Å². The predicted molar refractivity (Wildman–Crippen MR) is 68.8 cm³/mol. The summed E-state index contributed by atoms with van der Waals surface area (Å²) in [4.78, 5) is 2.56. The summed E-state index contributed by atoms with van der Waals surface area (Å²) in [5, 5.41) is 3.52. The number of rotatable bonds is 6. The minimum Gasteiger partial charge on any atom is -0.380 e. The zero-order valence-corrected chi connectivity index (χ0v) is 11.5. The van der Waals surface area contributed by atoms with E-state index in [9.17, 15) is 0 Å². The Morgan fingerprint density at radius 3 is 2.50 bits per heavy atom. The zero-order chi connectivity index (χ0) is 12.1. The first-order chi connectivity index (χ1) is 7.54. The van der Waals surface area contributed by atoms with Gasteiger partial charge in [0.2, 0.25) is 0 Å². The van der Waals surface area contributed by atoms with Gasteiger partial charge in [-0.25, -0.2) is 0 Å². The smallest absolute Gasteiger partial charge is 0.0710 e. The number of nitrogens with one attached hydrogen (secondary N) is 1. The second kappa shape index (κ2) is 6.58. The summed E-state index contributed by atoms with van der Waals surface area (Å²) < 4.78 is 5.41. The van der Waals surface area contributed by atoms with Crippen molar-refractivity contribution in [3.05, 3.63) is 0 Å². The van der Waals surface area contributed by atoms with Crippen LogP contribution in [0.25, 0.3) is 0 Å². The Morgan fingerprint density at radius 2 is 2.00 bits per heavy atom. The quantitative estimate of drug-likeness (QED) is 0.749. The van der Waals surface area contributed by atoms with Gasteiger partial charge in [-0.1, -0.05) is 20.8 Å². The standard InChI is InChI=1S/C13H28N2O/c1-10(2)14-8-11(3)12(4)15-7-6-13(9-15)16-5/h10-14H,6-9H2,1-5H3. The lowest BCUT2D eigenvalue weighted by Crippen LogP contribution is -2.41. The van der Waals surface area contributed by atoms with Crippen LogP contribution in [0, 0.1) is 5.92 Å². The molecule has 0 spiro atoms. The second-order valence-corrected chi connectivity index (χ2v) is 5.42. The van der Waals surface area contributed by atoms with Gasteiger partial charge in [0.25, 0.3) is 0 Å². The molecular weight excluding hydrogens is 200 g/mol. The lowest BCUT2D eigenvalue weighted by molar-refractivity contribution is 0.0958.